The molecular weight excluding hydrogens is 270 g/mol. The first-order valence-electron chi connectivity index (χ1n) is 7.13. The smallest absolute Gasteiger partial charge is 0.244 e. The first-order valence-corrected chi connectivity index (χ1v) is 7.13. The van der Waals surface area contributed by atoms with Crippen molar-refractivity contribution in [1.29, 1.82) is 0 Å². The summed E-state index contributed by atoms with van der Waals surface area (Å²) in [6, 6.07) is 7.55. The molecule has 0 atom stereocenters. The summed E-state index contributed by atoms with van der Waals surface area (Å²) < 4.78 is 10.4. The monoisotopic (exact) mass is 293 g/mol. The van der Waals surface area contributed by atoms with E-state index in [2.05, 4.69) is 5.32 Å². The van der Waals surface area contributed by atoms with E-state index in [1.165, 1.54) is 6.08 Å². The fourth-order valence-corrected chi connectivity index (χ4v) is 1.63. The molecule has 0 aliphatic rings. The van der Waals surface area contributed by atoms with Crippen LogP contribution in [-0.4, -0.2) is 44.0 Å². The average Bonchev–Trinajstić information content (AvgIpc) is 2.50. The summed E-state index contributed by atoms with van der Waals surface area (Å²) in [5.74, 6) is 0.688. The summed E-state index contributed by atoms with van der Waals surface area (Å²) in [5.41, 5.74) is 0.944. The molecule has 0 fully saturated rings. The minimum atomic E-state index is -0.133. The van der Waals surface area contributed by atoms with E-state index < -0.39 is 0 Å². The Hall–Kier alpha value is -1.85. The quantitative estimate of drug-likeness (QED) is 0.508. The Labute approximate surface area is 125 Å². The van der Waals surface area contributed by atoms with E-state index in [0.717, 1.165) is 17.7 Å². The van der Waals surface area contributed by atoms with Crippen LogP contribution in [0.25, 0.3) is 6.08 Å². The van der Waals surface area contributed by atoms with Gasteiger partial charge < -0.3 is 19.9 Å². The highest BCUT2D eigenvalue weighted by atomic mass is 16.5. The van der Waals surface area contributed by atoms with Crippen LogP contribution in [0.1, 0.15) is 18.9 Å². The Morgan fingerprint density at radius 1 is 1.29 bits per heavy atom. The van der Waals surface area contributed by atoms with Crippen molar-refractivity contribution in [3.8, 4) is 5.75 Å². The highest BCUT2D eigenvalue weighted by molar-refractivity contribution is 5.91. The van der Waals surface area contributed by atoms with Crippen molar-refractivity contribution in [3.05, 3.63) is 35.9 Å². The Balaban J connectivity index is 2.23. The second kappa shape index (κ2) is 10.9. The van der Waals surface area contributed by atoms with Gasteiger partial charge in [-0.05, 0) is 37.1 Å². The third kappa shape index (κ3) is 8.12. The molecule has 116 valence electrons. The van der Waals surface area contributed by atoms with Crippen LogP contribution in [0, 0.1) is 0 Å². The maximum Gasteiger partial charge on any atom is 0.244 e. The fraction of sp³-hybridized carbons (Fsp3) is 0.438. The number of amides is 1. The molecule has 0 unspecified atom stereocenters. The summed E-state index contributed by atoms with van der Waals surface area (Å²) >= 11 is 0. The maximum absolute atomic E-state index is 11.6. The van der Waals surface area contributed by atoms with Crippen LogP contribution in [0.2, 0.25) is 0 Å². The van der Waals surface area contributed by atoms with Gasteiger partial charge >= 0.3 is 0 Å². The molecule has 21 heavy (non-hydrogen) atoms. The van der Waals surface area contributed by atoms with Gasteiger partial charge in [0.1, 0.15) is 5.75 Å². The highest BCUT2D eigenvalue weighted by Crippen LogP contribution is 2.12. The SMILES string of the molecule is CCOc1ccc(/C=C/C(=O)NCCCOCCO)cc1. The zero-order valence-electron chi connectivity index (χ0n) is 12.4. The lowest BCUT2D eigenvalue weighted by molar-refractivity contribution is -0.116. The summed E-state index contributed by atoms with van der Waals surface area (Å²) in [5, 5.41) is 11.3. The van der Waals surface area contributed by atoms with Crippen LogP contribution in [0.4, 0.5) is 0 Å². The van der Waals surface area contributed by atoms with Crippen molar-refractivity contribution < 1.29 is 19.4 Å². The normalized spacial score (nSPS) is 10.8. The zero-order chi connectivity index (χ0) is 15.3. The standard InChI is InChI=1S/C16H23NO4/c1-2-21-15-7-4-14(5-8-15)6-9-16(19)17-10-3-12-20-13-11-18/h4-9,18H,2-3,10-13H2,1H3,(H,17,19)/b9-6+. The Morgan fingerprint density at radius 2 is 2.05 bits per heavy atom. The van der Waals surface area contributed by atoms with Crippen molar-refractivity contribution in [2.24, 2.45) is 0 Å². The molecule has 1 amide bonds. The topological polar surface area (TPSA) is 67.8 Å². The molecule has 0 aromatic heterocycles. The molecule has 0 aliphatic carbocycles. The third-order valence-corrected chi connectivity index (χ3v) is 2.62. The van der Waals surface area contributed by atoms with Crippen LogP contribution in [-0.2, 0) is 9.53 Å². The van der Waals surface area contributed by atoms with Gasteiger partial charge in [-0.2, -0.15) is 0 Å². The van der Waals surface area contributed by atoms with Gasteiger partial charge in [0.05, 0.1) is 19.8 Å². The molecule has 0 aliphatic heterocycles. The van der Waals surface area contributed by atoms with Gasteiger partial charge in [-0.1, -0.05) is 12.1 Å². The number of ether oxygens (including phenoxy) is 2. The molecule has 0 saturated carbocycles. The van der Waals surface area contributed by atoms with Crippen LogP contribution >= 0.6 is 0 Å². The van der Waals surface area contributed by atoms with E-state index in [-0.39, 0.29) is 12.5 Å². The Kier molecular flexibility index (Phi) is 8.91. The first kappa shape index (κ1) is 17.2. The van der Waals surface area contributed by atoms with E-state index in [1.807, 2.05) is 31.2 Å². The van der Waals surface area contributed by atoms with E-state index in [9.17, 15) is 4.79 Å². The lowest BCUT2D eigenvalue weighted by atomic mass is 10.2. The predicted octanol–water partition coefficient (Wildman–Crippen LogP) is 1.61. The molecule has 1 rings (SSSR count). The second-order valence-corrected chi connectivity index (χ2v) is 4.32. The molecule has 0 bridgehead atoms. The number of aliphatic hydroxyl groups is 1. The minimum absolute atomic E-state index is 0.0250. The van der Waals surface area contributed by atoms with E-state index in [1.54, 1.807) is 6.08 Å². The molecule has 5 nitrogen and oxygen atoms in total. The van der Waals surface area contributed by atoms with Crippen LogP contribution in [0.3, 0.4) is 0 Å². The lowest BCUT2D eigenvalue weighted by Crippen LogP contribution is -2.23. The first-order chi connectivity index (χ1) is 10.3. The van der Waals surface area contributed by atoms with Gasteiger partial charge in [0.25, 0.3) is 0 Å². The number of carbonyl (C=O) groups is 1. The van der Waals surface area contributed by atoms with Crippen LogP contribution in [0.5, 0.6) is 5.75 Å². The Bertz CT molecular complexity index is 428. The molecule has 5 heteroatoms. The highest BCUT2D eigenvalue weighted by Gasteiger charge is 1.96. The number of aliphatic hydroxyl groups excluding tert-OH is 1. The van der Waals surface area contributed by atoms with E-state index in [0.29, 0.717) is 26.4 Å². The van der Waals surface area contributed by atoms with Gasteiger partial charge in [0, 0.05) is 19.2 Å². The molecule has 0 heterocycles. The predicted molar refractivity (Wildman–Crippen MR) is 82.2 cm³/mol. The third-order valence-electron chi connectivity index (χ3n) is 2.62. The average molecular weight is 293 g/mol. The maximum atomic E-state index is 11.6. The summed E-state index contributed by atoms with van der Waals surface area (Å²) in [6.07, 6.45) is 3.99. The molecule has 0 spiro atoms. The van der Waals surface area contributed by atoms with Crippen molar-refractivity contribution in [2.45, 2.75) is 13.3 Å². The molecular formula is C16H23NO4. The number of nitrogens with one attached hydrogen (secondary N) is 1. The molecule has 0 saturated heterocycles. The Morgan fingerprint density at radius 3 is 2.71 bits per heavy atom. The largest absolute Gasteiger partial charge is 0.494 e. The van der Waals surface area contributed by atoms with Crippen molar-refractivity contribution in [2.75, 3.05) is 33.0 Å². The van der Waals surface area contributed by atoms with E-state index in [4.69, 9.17) is 14.6 Å². The number of hydrogen-bond donors (Lipinski definition) is 2. The van der Waals surface area contributed by atoms with E-state index >= 15 is 0 Å². The summed E-state index contributed by atoms with van der Waals surface area (Å²) in [4.78, 5) is 11.6. The lowest BCUT2D eigenvalue weighted by Gasteiger charge is -2.03. The van der Waals surface area contributed by atoms with Gasteiger partial charge in [0.2, 0.25) is 5.91 Å². The zero-order valence-corrected chi connectivity index (χ0v) is 12.4. The van der Waals surface area contributed by atoms with Crippen molar-refractivity contribution >= 4 is 12.0 Å². The summed E-state index contributed by atoms with van der Waals surface area (Å²) in [7, 11) is 0. The molecule has 0 radical (unpaired) electrons. The molecule has 2 N–H and O–H groups in total. The second-order valence-electron chi connectivity index (χ2n) is 4.32. The van der Waals surface area contributed by atoms with Gasteiger partial charge in [-0.25, -0.2) is 0 Å². The number of hydrogen-bond acceptors (Lipinski definition) is 4. The van der Waals surface area contributed by atoms with Crippen molar-refractivity contribution in [1.82, 2.24) is 5.32 Å². The number of carbonyl (C=O) groups excluding carboxylic acids is 1. The van der Waals surface area contributed by atoms with Crippen LogP contribution < -0.4 is 10.1 Å². The van der Waals surface area contributed by atoms with Gasteiger partial charge in [-0.3, -0.25) is 4.79 Å². The van der Waals surface area contributed by atoms with Gasteiger partial charge in [0.15, 0.2) is 0 Å². The molecule has 1 aromatic rings. The number of rotatable bonds is 10. The summed E-state index contributed by atoms with van der Waals surface area (Å²) in [6.45, 7) is 4.02. The van der Waals surface area contributed by atoms with Crippen LogP contribution in [0.15, 0.2) is 30.3 Å². The van der Waals surface area contributed by atoms with Crippen molar-refractivity contribution in [3.63, 3.8) is 0 Å². The fourth-order valence-electron chi connectivity index (χ4n) is 1.63. The molecule has 1 aromatic carbocycles. The number of benzene rings is 1. The van der Waals surface area contributed by atoms with Gasteiger partial charge in [-0.15, -0.1) is 0 Å². The minimum Gasteiger partial charge on any atom is -0.494 e.